The summed E-state index contributed by atoms with van der Waals surface area (Å²) in [6, 6.07) is 4.47. The maximum atomic E-state index is 5.66. The fourth-order valence-corrected chi connectivity index (χ4v) is 2.48. The molecule has 4 heteroatoms. The topological polar surface area (TPSA) is 37.4 Å². The Labute approximate surface area is 109 Å². The summed E-state index contributed by atoms with van der Waals surface area (Å²) in [4.78, 5) is 6.76. The molecular weight excluding hydrogens is 226 g/mol. The van der Waals surface area contributed by atoms with Crippen LogP contribution in [0.25, 0.3) is 0 Å². The molecule has 0 spiro atoms. The Morgan fingerprint density at radius 3 is 3.17 bits per heavy atom. The number of nitrogens with zero attached hydrogens (tertiary/aromatic N) is 2. The molecule has 0 aromatic carbocycles. The highest BCUT2D eigenvalue weighted by Crippen LogP contribution is 2.27. The van der Waals surface area contributed by atoms with Gasteiger partial charge in [-0.15, -0.1) is 0 Å². The number of anilines is 1. The Hall–Kier alpha value is -1.29. The van der Waals surface area contributed by atoms with Crippen molar-refractivity contribution in [3.8, 4) is 5.75 Å². The molecule has 1 fully saturated rings. The number of hydrogen-bond donors (Lipinski definition) is 1. The molecule has 0 radical (unpaired) electrons. The van der Waals surface area contributed by atoms with Gasteiger partial charge in [-0.05, 0) is 51.4 Å². The van der Waals surface area contributed by atoms with Gasteiger partial charge in [-0.2, -0.15) is 0 Å². The van der Waals surface area contributed by atoms with Crippen LogP contribution in [-0.4, -0.2) is 37.8 Å². The molecule has 0 saturated carbocycles. The van der Waals surface area contributed by atoms with E-state index in [0.29, 0.717) is 12.6 Å². The van der Waals surface area contributed by atoms with Gasteiger partial charge in [-0.3, -0.25) is 0 Å². The first-order valence-corrected chi connectivity index (χ1v) is 6.84. The van der Waals surface area contributed by atoms with Gasteiger partial charge in [0.15, 0.2) is 11.6 Å². The zero-order valence-electron chi connectivity index (χ0n) is 11.4. The van der Waals surface area contributed by atoms with Crippen molar-refractivity contribution in [2.75, 3.05) is 31.6 Å². The van der Waals surface area contributed by atoms with Gasteiger partial charge in [0.25, 0.3) is 0 Å². The van der Waals surface area contributed by atoms with E-state index in [4.69, 9.17) is 4.74 Å². The number of rotatable bonds is 4. The Balaban J connectivity index is 2.13. The van der Waals surface area contributed by atoms with Crippen molar-refractivity contribution in [3.63, 3.8) is 0 Å². The van der Waals surface area contributed by atoms with Crippen molar-refractivity contribution in [1.82, 2.24) is 10.3 Å². The van der Waals surface area contributed by atoms with Crippen LogP contribution < -0.4 is 15.0 Å². The van der Waals surface area contributed by atoms with E-state index in [0.717, 1.165) is 24.7 Å². The minimum absolute atomic E-state index is 0.550. The number of hydrogen-bond acceptors (Lipinski definition) is 4. The second-order valence-corrected chi connectivity index (χ2v) is 4.70. The average Bonchev–Trinajstić information content (AvgIpc) is 2.68. The normalized spacial score (nSPS) is 20.2. The van der Waals surface area contributed by atoms with E-state index in [1.54, 1.807) is 0 Å². The van der Waals surface area contributed by atoms with Gasteiger partial charge in [-0.1, -0.05) is 0 Å². The molecule has 1 N–H and O–H groups in total. The molecule has 1 aliphatic heterocycles. The molecule has 18 heavy (non-hydrogen) atoms. The van der Waals surface area contributed by atoms with Crippen molar-refractivity contribution in [1.29, 1.82) is 0 Å². The molecule has 4 nitrogen and oxygen atoms in total. The molecule has 2 heterocycles. The number of aromatic nitrogens is 1. The summed E-state index contributed by atoms with van der Waals surface area (Å²) < 4.78 is 5.66. The zero-order chi connectivity index (χ0) is 12.8. The summed E-state index contributed by atoms with van der Waals surface area (Å²) in [5.41, 5.74) is 0. The molecule has 1 unspecified atom stereocenters. The third kappa shape index (κ3) is 3.13. The lowest BCUT2D eigenvalue weighted by atomic mass is 10.1. The van der Waals surface area contributed by atoms with E-state index in [1.165, 1.54) is 19.3 Å². The average molecular weight is 249 g/mol. The van der Waals surface area contributed by atoms with Crippen LogP contribution >= 0.6 is 0 Å². The molecule has 0 amide bonds. The van der Waals surface area contributed by atoms with Gasteiger partial charge in [0.2, 0.25) is 0 Å². The van der Waals surface area contributed by atoms with Crippen molar-refractivity contribution in [2.24, 2.45) is 0 Å². The zero-order valence-corrected chi connectivity index (χ0v) is 11.4. The summed E-state index contributed by atoms with van der Waals surface area (Å²) in [5, 5.41) is 3.44. The first kappa shape index (κ1) is 13.1. The Bertz CT molecular complexity index is 362. The van der Waals surface area contributed by atoms with E-state index in [9.17, 15) is 0 Å². The molecular formula is C14H23N3O. The molecule has 0 aliphatic carbocycles. The highest BCUT2D eigenvalue weighted by atomic mass is 16.5. The molecule has 100 valence electrons. The van der Waals surface area contributed by atoms with Crippen molar-refractivity contribution >= 4 is 5.82 Å². The standard InChI is InChI=1S/C14H23N3O/c1-3-18-13-7-5-10-16-14(13)17(2)12-6-4-9-15-11-8-12/h5,7,10,12,15H,3-4,6,8-9,11H2,1-2H3. The molecule has 1 aromatic heterocycles. The van der Waals surface area contributed by atoms with Crippen molar-refractivity contribution in [3.05, 3.63) is 18.3 Å². The van der Waals surface area contributed by atoms with Crippen LogP contribution in [0.1, 0.15) is 26.2 Å². The lowest BCUT2D eigenvalue weighted by Gasteiger charge is -2.29. The highest BCUT2D eigenvalue weighted by molar-refractivity contribution is 5.52. The lowest BCUT2D eigenvalue weighted by molar-refractivity contribution is 0.338. The third-order valence-electron chi connectivity index (χ3n) is 3.48. The molecule has 2 rings (SSSR count). The summed E-state index contributed by atoms with van der Waals surface area (Å²) in [7, 11) is 2.13. The van der Waals surface area contributed by atoms with E-state index < -0.39 is 0 Å². The third-order valence-corrected chi connectivity index (χ3v) is 3.48. The van der Waals surface area contributed by atoms with Crippen LogP contribution in [0.15, 0.2) is 18.3 Å². The van der Waals surface area contributed by atoms with E-state index in [2.05, 4.69) is 22.2 Å². The molecule has 1 saturated heterocycles. The monoisotopic (exact) mass is 249 g/mol. The quantitative estimate of drug-likeness (QED) is 0.886. The minimum Gasteiger partial charge on any atom is -0.490 e. The first-order valence-electron chi connectivity index (χ1n) is 6.84. The molecule has 0 bridgehead atoms. The van der Waals surface area contributed by atoms with E-state index in [-0.39, 0.29) is 0 Å². The summed E-state index contributed by atoms with van der Waals surface area (Å²) in [6.45, 7) is 4.90. The van der Waals surface area contributed by atoms with Gasteiger partial charge in [0, 0.05) is 19.3 Å². The lowest BCUT2D eigenvalue weighted by Crippen LogP contribution is -2.33. The summed E-state index contributed by atoms with van der Waals surface area (Å²) in [5.74, 6) is 1.85. The molecule has 1 aliphatic rings. The van der Waals surface area contributed by atoms with E-state index in [1.807, 2.05) is 25.3 Å². The Morgan fingerprint density at radius 1 is 1.44 bits per heavy atom. The van der Waals surface area contributed by atoms with Crippen molar-refractivity contribution < 1.29 is 4.74 Å². The van der Waals surface area contributed by atoms with Gasteiger partial charge in [-0.25, -0.2) is 4.98 Å². The van der Waals surface area contributed by atoms with Crippen LogP contribution in [0.4, 0.5) is 5.82 Å². The second kappa shape index (κ2) is 6.59. The maximum Gasteiger partial charge on any atom is 0.171 e. The van der Waals surface area contributed by atoms with Gasteiger partial charge in [0.05, 0.1) is 6.61 Å². The minimum atomic E-state index is 0.550. The van der Waals surface area contributed by atoms with Gasteiger partial charge < -0.3 is 15.0 Å². The van der Waals surface area contributed by atoms with Crippen LogP contribution in [0, 0.1) is 0 Å². The van der Waals surface area contributed by atoms with Crippen molar-refractivity contribution in [2.45, 2.75) is 32.2 Å². The van der Waals surface area contributed by atoms with Crippen LogP contribution in [-0.2, 0) is 0 Å². The fraction of sp³-hybridized carbons (Fsp3) is 0.643. The Kier molecular flexibility index (Phi) is 4.81. The highest BCUT2D eigenvalue weighted by Gasteiger charge is 2.20. The summed E-state index contributed by atoms with van der Waals surface area (Å²) >= 11 is 0. The number of ether oxygens (including phenoxy) is 1. The van der Waals surface area contributed by atoms with Crippen LogP contribution in [0.2, 0.25) is 0 Å². The van der Waals surface area contributed by atoms with Gasteiger partial charge in [0.1, 0.15) is 0 Å². The molecule has 1 atom stereocenters. The largest absolute Gasteiger partial charge is 0.490 e. The Morgan fingerprint density at radius 2 is 2.33 bits per heavy atom. The van der Waals surface area contributed by atoms with Crippen LogP contribution in [0.3, 0.4) is 0 Å². The SMILES string of the molecule is CCOc1cccnc1N(C)C1CCCNCC1. The summed E-state index contributed by atoms with van der Waals surface area (Å²) in [6.07, 6.45) is 5.44. The number of pyridine rings is 1. The molecule has 1 aromatic rings. The fourth-order valence-electron chi connectivity index (χ4n) is 2.48. The predicted octanol–water partition coefficient (Wildman–Crippen LogP) is 2.06. The van der Waals surface area contributed by atoms with Gasteiger partial charge >= 0.3 is 0 Å². The maximum absolute atomic E-state index is 5.66. The smallest absolute Gasteiger partial charge is 0.171 e. The second-order valence-electron chi connectivity index (χ2n) is 4.70. The number of nitrogens with one attached hydrogen (secondary N) is 1. The predicted molar refractivity (Wildman–Crippen MR) is 74.3 cm³/mol. The van der Waals surface area contributed by atoms with E-state index >= 15 is 0 Å². The first-order chi connectivity index (χ1) is 8.83. The van der Waals surface area contributed by atoms with Crippen LogP contribution in [0.5, 0.6) is 5.75 Å².